The zero-order valence-electron chi connectivity index (χ0n) is 12.3. The molecule has 20 heavy (non-hydrogen) atoms. The van der Waals surface area contributed by atoms with Gasteiger partial charge in [0.25, 0.3) is 0 Å². The average Bonchev–Trinajstić information content (AvgIpc) is 2.46. The second kappa shape index (κ2) is 5.12. The Hall–Kier alpha value is -1.51. The van der Waals surface area contributed by atoms with Crippen molar-refractivity contribution in [3.63, 3.8) is 0 Å². The van der Waals surface area contributed by atoms with E-state index in [-0.39, 0.29) is 5.41 Å². The number of benzene rings is 1. The maximum atomic E-state index is 12.9. The molecule has 3 rings (SSSR count). The van der Waals surface area contributed by atoms with Crippen molar-refractivity contribution in [2.75, 3.05) is 12.3 Å². The van der Waals surface area contributed by atoms with Crippen LogP contribution in [-0.4, -0.2) is 17.4 Å². The highest BCUT2D eigenvalue weighted by atomic mass is 16.2. The van der Waals surface area contributed by atoms with Crippen LogP contribution in [0.25, 0.3) is 0 Å². The molecule has 0 bridgehead atoms. The maximum absolute atomic E-state index is 12.9. The number of amides is 1. The zero-order valence-corrected chi connectivity index (χ0v) is 12.3. The van der Waals surface area contributed by atoms with Gasteiger partial charge in [-0.15, -0.1) is 0 Å². The zero-order chi connectivity index (χ0) is 14.2. The van der Waals surface area contributed by atoms with Gasteiger partial charge in [-0.25, -0.2) is 0 Å². The molecule has 1 fully saturated rings. The highest BCUT2D eigenvalue weighted by molar-refractivity contribution is 5.82. The van der Waals surface area contributed by atoms with Crippen LogP contribution in [0, 0.1) is 5.41 Å². The number of nitrogen functional groups attached to an aromatic ring is 1. The number of nitrogens with zero attached hydrogens (tertiary/aromatic N) is 1. The fourth-order valence-corrected chi connectivity index (χ4v) is 3.68. The minimum absolute atomic E-state index is 0.129. The summed E-state index contributed by atoms with van der Waals surface area (Å²) in [6.45, 7) is 3.74. The highest BCUT2D eigenvalue weighted by Gasteiger charge is 2.38. The van der Waals surface area contributed by atoms with Gasteiger partial charge in [-0.3, -0.25) is 4.79 Å². The van der Waals surface area contributed by atoms with Crippen molar-refractivity contribution < 1.29 is 4.79 Å². The van der Waals surface area contributed by atoms with Crippen LogP contribution < -0.4 is 5.73 Å². The monoisotopic (exact) mass is 272 g/mol. The first-order valence-corrected chi connectivity index (χ1v) is 7.75. The third-order valence-corrected chi connectivity index (χ3v) is 5.00. The third-order valence-electron chi connectivity index (χ3n) is 5.00. The van der Waals surface area contributed by atoms with Crippen molar-refractivity contribution >= 4 is 11.6 Å². The molecule has 0 unspecified atom stereocenters. The van der Waals surface area contributed by atoms with E-state index in [9.17, 15) is 4.79 Å². The third kappa shape index (κ3) is 2.41. The molecule has 0 spiro atoms. The molecule has 1 saturated carbocycles. The van der Waals surface area contributed by atoms with Gasteiger partial charge in [0.05, 0.1) is 0 Å². The Kier molecular flexibility index (Phi) is 3.45. The number of fused-ring (bicyclic) bond motifs is 1. The van der Waals surface area contributed by atoms with E-state index in [0.29, 0.717) is 5.91 Å². The fourth-order valence-electron chi connectivity index (χ4n) is 3.68. The molecule has 3 heteroatoms. The lowest BCUT2D eigenvalue weighted by molar-refractivity contribution is -0.144. The number of carbonyl (C=O) groups excluding carboxylic acids is 1. The van der Waals surface area contributed by atoms with Crippen LogP contribution >= 0.6 is 0 Å². The molecule has 1 aromatic carbocycles. The van der Waals surface area contributed by atoms with Crippen LogP contribution in [0.15, 0.2) is 18.2 Å². The summed E-state index contributed by atoms with van der Waals surface area (Å²) in [5, 5.41) is 0. The molecule has 0 radical (unpaired) electrons. The van der Waals surface area contributed by atoms with Crippen LogP contribution in [-0.2, 0) is 17.8 Å². The SMILES string of the molecule is CC1(C(=O)N2CCc3ccc(N)cc3C2)CCCCC1. The number of carbonyl (C=O) groups is 1. The lowest BCUT2D eigenvalue weighted by Crippen LogP contribution is -2.45. The summed E-state index contributed by atoms with van der Waals surface area (Å²) in [6, 6.07) is 6.09. The van der Waals surface area contributed by atoms with E-state index in [0.717, 1.165) is 38.0 Å². The second-order valence-corrected chi connectivity index (χ2v) is 6.63. The van der Waals surface area contributed by atoms with Gasteiger partial charge in [-0.05, 0) is 42.5 Å². The first kappa shape index (κ1) is 13.5. The largest absolute Gasteiger partial charge is 0.399 e. The van der Waals surface area contributed by atoms with E-state index in [1.165, 1.54) is 30.4 Å². The van der Waals surface area contributed by atoms with Gasteiger partial charge in [0.15, 0.2) is 0 Å². The molecule has 0 atom stereocenters. The van der Waals surface area contributed by atoms with Crippen molar-refractivity contribution in [1.29, 1.82) is 0 Å². The van der Waals surface area contributed by atoms with Gasteiger partial charge in [0.2, 0.25) is 5.91 Å². The normalized spacial score (nSPS) is 21.4. The average molecular weight is 272 g/mol. The summed E-state index contributed by atoms with van der Waals surface area (Å²) in [7, 11) is 0. The molecule has 3 nitrogen and oxygen atoms in total. The van der Waals surface area contributed by atoms with Crippen molar-refractivity contribution in [2.24, 2.45) is 5.41 Å². The Labute approximate surface area is 121 Å². The lowest BCUT2D eigenvalue weighted by Gasteiger charge is -2.39. The van der Waals surface area contributed by atoms with E-state index < -0.39 is 0 Å². The Morgan fingerprint density at radius 3 is 2.70 bits per heavy atom. The minimum Gasteiger partial charge on any atom is -0.399 e. The van der Waals surface area contributed by atoms with Crippen LogP contribution in [0.2, 0.25) is 0 Å². The van der Waals surface area contributed by atoms with Crippen LogP contribution in [0.3, 0.4) is 0 Å². The number of hydrogen-bond donors (Lipinski definition) is 1. The van der Waals surface area contributed by atoms with Crippen LogP contribution in [0.1, 0.15) is 50.2 Å². The Balaban J connectivity index is 1.77. The van der Waals surface area contributed by atoms with E-state index in [1.54, 1.807) is 0 Å². The molecule has 1 aliphatic carbocycles. The highest BCUT2D eigenvalue weighted by Crippen LogP contribution is 2.38. The van der Waals surface area contributed by atoms with Gasteiger partial charge in [-0.2, -0.15) is 0 Å². The summed E-state index contributed by atoms with van der Waals surface area (Å²) >= 11 is 0. The predicted octanol–water partition coefficient (Wildman–Crippen LogP) is 3.12. The number of nitrogens with two attached hydrogens (primary N) is 1. The summed E-state index contributed by atoms with van der Waals surface area (Å²) < 4.78 is 0. The first-order valence-electron chi connectivity index (χ1n) is 7.75. The van der Waals surface area contributed by atoms with Gasteiger partial charge >= 0.3 is 0 Å². The quantitative estimate of drug-likeness (QED) is 0.798. The number of anilines is 1. The minimum atomic E-state index is -0.129. The molecule has 1 heterocycles. The summed E-state index contributed by atoms with van der Waals surface area (Å²) in [5.41, 5.74) is 9.10. The topological polar surface area (TPSA) is 46.3 Å². The molecule has 0 aromatic heterocycles. The smallest absolute Gasteiger partial charge is 0.228 e. The van der Waals surface area contributed by atoms with Gasteiger partial charge in [0, 0.05) is 24.2 Å². The standard InChI is InChI=1S/C17H24N2O/c1-17(8-3-2-4-9-17)16(20)19-10-7-13-5-6-15(18)11-14(13)12-19/h5-6,11H,2-4,7-10,12,18H2,1H3. The maximum Gasteiger partial charge on any atom is 0.228 e. The Morgan fingerprint density at radius 2 is 1.95 bits per heavy atom. The molecule has 1 aromatic rings. The molecule has 1 amide bonds. The molecular weight excluding hydrogens is 248 g/mol. The van der Waals surface area contributed by atoms with Crippen molar-refractivity contribution in [1.82, 2.24) is 4.90 Å². The summed E-state index contributed by atoms with van der Waals surface area (Å²) in [6.07, 6.45) is 6.72. The second-order valence-electron chi connectivity index (χ2n) is 6.63. The Bertz CT molecular complexity index is 518. The molecule has 108 valence electrons. The predicted molar refractivity (Wildman–Crippen MR) is 81.2 cm³/mol. The molecule has 2 N–H and O–H groups in total. The Morgan fingerprint density at radius 1 is 1.20 bits per heavy atom. The van der Waals surface area contributed by atoms with Gasteiger partial charge in [-0.1, -0.05) is 32.3 Å². The number of rotatable bonds is 1. The lowest BCUT2D eigenvalue weighted by atomic mass is 9.74. The van der Waals surface area contributed by atoms with E-state index in [1.807, 2.05) is 17.0 Å². The van der Waals surface area contributed by atoms with Crippen molar-refractivity contribution in [2.45, 2.75) is 52.0 Å². The fraction of sp³-hybridized carbons (Fsp3) is 0.588. The van der Waals surface area contributed by atoms with E-state index in [4.69, 9.17) is 5.73 Å². The van der Waals surface area contributed by atoms with Gasteiger partial charge < -0.3 is 10.6 Å². The molecular formula is C17H24N2O. The molecule has 2 aliphatic rings. The molecule has 1 aliphatic heterocycles. The number of hydrogen-bond acceptors (Lipinski definition) is 2. The van der Waals surface area contributed by atoms with Crippen molar-refractivity contribution in [3.8, 4) is 0 Å². The molecule has 0 saturated heterocycles. The summed E-state index contributed by atoms with van der Waals surface area (Å²) in [4.78, 5) is 14.9. The van der Waals surface area contributed by atoms with Crippen molar-refractivity contribution in [3.05, 3.63) is 29.3 Å². The van der Waals surface area contributed by atoms with Gasteiger partial charge in [0.1, 0.15) is 0 Å². The summed E-state index contributed by atoms with van der Waals surface area (Å²) in [5.74, 6) is 0.352. The van der Waals surface area contributed by atoms with Crippen LogP contribution in [0.4, 0.5) is 5.69 Å². The van der Waals surface area contributed by atoms with Crippen LogP contribution in [0.5, 0.6) is 0 Å². The first-order chi connectivity index (χ1) is 9.58. The van der Waals surface area contributed by atoms with E-state index >= 15 is 0 Å². The van der Waals surface area contributed by atoms with E-state index in [2.05, 4.69) is 13.0 Å².